The summed E-state index contributed by atoms with van der Waals surface area (Å²) in [7, 11) is 0. The van der Waals surface area contributed by atoms with Crippen LogP contribution < -0.4 is 5.63 Å². The molecule has 6 nitrogen and oxygen atoms in total. The SMILES string of the molecule is CC1(C)CC(=O)c2c(nc3c(c2-c2ccc(Cl)cc2)C(=S)N(C(=O)c2cc4ccccc4oc2=O)C3)C1. The molecule has 2 aromatic carbocycles. The van der Waals surface area contributed by atoms with Gasteiger partial charge < -0.3 is 4.42 Å². The van der Waals surface area contributed by atoms with Gasteiger partial charge >= 0.3 is 5.63 Å². The van der Waals surface area contributed by atoms with E-state index in [9.17, 15) is 14.4 Å². The number of carbonyl (C=O) groups excluding carboxylic acids is 2. The molecule has 37 heavy (non-hydrogen) atoms. The second kappa shape index (κ2) is 8.43. The third-order valence-corrected chi connectivity index (χ3v) is 7.60. The number of fused-ring (bicyclic) bond motifs is 3. The summed E-state index contributed by atoms with van der Waals surface area (Å²) in [6.45, 7) is 4.19. The molecule has 8 heteroatoms. The first-order chi connectivity index (χ1) is 17.6. The third-order valence-electron chi connectivity index (χ3n) is 6.93. The molecule has 2 aliphatic rings. The molecule has 0 saturated heterocycles. The first kappa shape index (κ1) is 23.7. The van der Waals surface area contributed by atoms with Gasteiger partial charge in [0.1, 0.15) is 16.1 Å². The number of Topliss-reactive ketones (excluding diaryl/α,β-unsaturated/α-hetero) is 1. The van der Waals surface area contributed by atoms with Crippen LogP contribution in [0, 0.1) is 5.41 Å². The Morgan fingerprint density at radius 2 is 1.73 bits per heavy atom. The highest BCUT2D eigenvalue weighted by molar-refractivity contribution is 7.80. The van der Waals surface area contributed by atoms with E-state index in [1.807, 2.05) is 26.0 Å². The van der Waals surface area contributed by atoms with Crippen molar-refractivity contribution in [2.45, 2.75) is 33.2 Å². The number of rotatable bonds is 2. The summed E-state index contributed by atoms with van der Waals surface area (Å²) in [6.07, 6.45) is 1.01. The minimum Gasteiger partial charge on any atom is -0.422 e. The summed E-state index contributed by atoms with van der Waals surface area (Å²) >= 11 is 12.0. The highest BCUT2D eigenvalue weighted by Crippen LogP contribution is 2.43. The van der Waals surface area contributed by atoms with Crippen molar-refractivity contribution < 1.29 is 14.0 Å². The lowest BCUT2D eigenvalue weighted by Crippen LogP contribution is -2.34. The number of pyridine rings is 1. The van der Waals surface area contributed by atoms with Gasteiger partial charge in [0.2, 0.25) is 0 Å². The molecule has 0 radical (unpaired) electrons. The van der Waals surface area contributed by atoms with Crippen LogP contribution in [0.1, 0.15) is 57.9 Å². The topological polar surface area (TPSA) is 80.5 Å². The summed E-state index contributed by atoms with van der Waals surface area (Å²) in [4.78, 5) is 46.3. The van der Waals surface area contributed by atoms with Gasteiger partial charge in [-0.2, -0.15) is 0 Å². The molecule has 1 aliphatic carbocycles. The summed E-state index contributed by atoms with van der Waals surface area (Å²) in [5.74, 6) is -0.566. The Hall–Kier alpha value is -3.68. The number of thiocarbonyl (C=S) groups is 1. The molecule has 184 valence electrons. The molecule has 0 atom stereocenters. The Morgan fingerprint density at radius 1 is 1.00 bits per heavy atom. The highest BCUT2D eigenvalue weighted by Gasteiger charge is 2.41. The van der Waals surface area contributed by atoms with Crippen molar-refractivity contribution in [3.63, 3.8) is 0 Å². The molecule has 0 fully saturated rings. The van der Waals surface area contributed by atoms with Crippen molar-refractivity contribution in [1.29, 1.82) is 0 Å². The van der Waals surface area contributed by atoms with E-state index in [0.717, 1.165) is 5.56 Å². The fourth-order valence-electron chi connectivity index (χ4n) is 5.28. The number of ketones is 1. The predicted molar refractivity (Wildman–Crippen MR) is 145 cm³/mol. The van der Waals surface area contributed by atoms with Gasteiger partial charge in [-0.25, -0.2) is 4.79 Å². The first-order valence-corrected chi connectivity index (χ1v) is 12.7. The lowest BCUT2D eigenvalue weighted by atomic mass is 9.73. The van der Waals surface area contributed by atoms with Crippen LogP contribution in [0.25, 0.3) is 22.1 Å². The molecule has 0 saturated carbocycles. The monoisotopic (exact) mass is 528 g/mol. The van der Waals surface area contributed by atoms with E-state index < -0.39 is 11.5 Å². The van der Waals surface area contributed by atoms with Gasteiger partial charge in [0.05, 0.1) is 17.9 Å². The molecule has 1 amide bonds. The molecule has 0 spiro atoms. The number of carbonyl (C=O) groups is 2. The fourth-order valence-corrected chi connectivity index (χ4v) is 5.78. The standard InChI is InChI=1S/C29H21ClN2O4S/c1-29(2)12-19-24(21(33)13-29)23(15-7-9-17(30)10-8-15)25-20(31-19)14-32(27(25)37)26(34)18-11-16-5-3-4-6-22(16)36-28(18)35/h3-11H,12-14H2,1-2H3. The van der Waals surface area contributed by atoms with Gasteiger partial charge in [-0.15, -0.1) is 0 Å². The lowest BCUT2D eigenvalue weighted by Gasteiger charge is -2.31. The summed E-state index contributed by atoms with van der Waals surface area (Å²) in [6, 6.07) is 15.7. The molecule has 0 bridgehead atoms. The molecular weight excluding hydrogens is 508 g/mol. The van der Waals surface area contributed by atoms with E-state index in [-0.39, 0.29) is 28.3 Å². The van der Waals surface area contributed by atoms with Crippen LogP contribution in [0.15, 0.2) is 63.8 Å². The molecule has 0 N–H and O–H groups in total. The maximum Gasteiger partial charge on any atom is 0.349 e. The lowest BCUT2D eigenvalue weighted by molar-refractivity contribution is 0.0842. The van der Waals surface area contributed by atoms with E-state index in [0.29, 0.717) is 56.9 Å². The average Bonchev–Trinajstić information content (AvgIpc) is 3.17. The van der Waals surface area contributed by atoms with Crippen LogP contribution in [0.4, 0.5) is 0 Å². The van der Waals surface area contributed by atoms with Crippen molar-refractivity contribution in [2.24, 2.45) is 5.41 Å². The number of amides is 1. The number of hydrogen-bond acceptors (Lipinski definition) is 6. The van der Waals surface area contributed by atoms with E-state index >= 15 is 0 Å². The fraction of sp³-hybridized carbons (Fsp3) is 0.207. The van der Waals surface area contributed by atoms with E-state index in [4.69, 9.17) is 33.2 Å². The number of nitrogens with zero attached hydrogens (tertiary/aromatic N) is 2. The second-order valence-corrected chi connectivity index (χ2v) is 11.1. The predicted octanol–water partition coefficient (Wildman–Crippen LogP) is 6.00. The second-order valence-electron chi connectivity index (χ2n) is 10.3. The zero-order chi connectivity index (χ0) is 26.1. The van der Waals surface area contributed by atoms with Crippen molar-refractivity contribution >= 4 is 51.5 Å². The molecule has 2 aromatic heterocycles. The highest BCUT2D eigenvalue weighted by atomic mass is 35.5. The molecule has 3 heterocycles. The number of aromatic nitrogens is 1. The minimum absolute atomic E-state index is 0.00532. The van der Waals surface area contributed by atoms with Crippen molar-refractivity contribution in [3.05, 3.63) is 98.1 Å². The molecule has 4 aromatic rings. The molecule has 0 unspecified atom stereocenters. The van der Waals surface area contributed by atoms with Gasteiger partial charge in [-0.1, -0.05) is 68.0 Å². The van der Waals surface area contributed by atoms with Crippen LogP contribution in [0.2, 0.25) is 5.02 Å². The van der Waals surface area contributed by atoms with Crippen molar-refractivity contribution in [2.75, 3.05) is 0 Å². The zero-order valence-corrected chi connectivity index (χ0v) is 21.7. The Balaban J connectivity index is 1.51. The number of hydrogen-bond donors (Lipinski definition) is 0. The summed E-state index contributed by atoms with van der Waals surface area (Å²) in [5, 5.41) is 1.20. The van der Waals surface area contributed by atoms with Gasteiger partial charge in [-0.3, -0.25) is 19.5 Å². The van der Waals surface area contributed by atoms with Gasteiger partial charge in [-0.05, 0) is 41.7 Å². The van der Waals surface area contributed by atoms with Crippen LogP contribution in [-0.2, 0) is 13.0 Å². The molecule has 6 rings (SSSR count). The number of para-hydroxylation sites is 1. The van der Waals surface area contributed by atoms with Crippen LogP contribution in [0.3, 0.4) is 0 Å². The Labute approximate surface area is 222 Å². The Morgan fingerprint density at radius 3 is 2.49 bits per heavy atom. The Bertz CT molecular complexity index is 1720. The van der Waals surface area contributed by atoms with Crippen LogP contribution in [-0.4, -0.2) is 26.6 Å². The smallest absolute Gasteiger partial charge is 0.349 e. The number of benzene rings is 2. The normalized spacial score (nSPS) is 16.1. The van der Waals surface area contributed by atoms with E-state index in [1.165, 1.54) is 11.0 Å². The van der Waals surface area contributed by atoms with Crippen molar-refractivity contribution in [1.82, 2.24) is 9.88 Å². The minimum atomic E-state index is -0.732. The van der Waals surface area contributed by atoms with Gasteiger partial charge in [0.25, 0.3) is 5.91 Å². The average molecular weight is 529 g/mol. The van der Waals surface area contributed by atoms with Crippen molar-refractivity contribution in [3.8, 4) is 11.1 Å². The number of halogens is 1. The first-order valence-electron chi connectivity index (χ1n) is 11.9. The molecule has 1 aliphatic heterocycles. The van der Waals surface area contributed by atoms with Gasteiger partial charge in [0.15, 0.2) is 5.78 Å². The Kier molecular flexibility index (Phi) is 5.40. The summed E-state index contributed by atoms with van der Waals surface area (Å²) < 4.78 is 5.39. The largest absolute Gasteiger partial charge is 0.422 e. The maximum absolute atomic E-state index is 13.6. The maximum atomic E-state index is 13.6. The van der Waals surface area contributed by atoms with E-state index in [2.05, 4.69) is 0 Å². The van der Waals surface area contributed by atoms with Gasteiger partial charge in [0, 0.05) is 33.5 Å². The quantitative estimate of drug-likeness (QED) is 0.235. The van der Waals surface area contributed by atoms with Crippen LogP contribution in [0.5, 0.6) is 0 Å². The van der Waals surface area contributed by atoms with E-state index in [1.54, 1.807) is 36.4 Å². The summed E-state index contributed by atoms with van der Waals surface area (Å²) in [5.41, 5.74) is 3.19. The zero-order valence-electron chi connectivity index (χ0n) is 20.1. The van der Waals surface area contributed by atoms with Crippen LogP contribution >= 0.6 is 23.8 Å². The molecular formula is C29H21ClN2O4S. The third kappa shape index (κ3) is 3.90.